The molecule has 1 aromatic carbocycles. The summed E-state index contributed by atoms with van der Waals surface area (Å²) in [7, 11) is -2.33. The van der Waals surface area contributed by atoms with E-state index in [1.807, 2.05) is 6.07 Å². The molecule has 50 heavy (non-hydrogen) atoms. The van der Waals surface area contributed by atoms with E-state index in [9.17, 15) is 27.6 Å². The summed E-state index contributed by atoms with van der Waals surface area (Å²) in [5.41, 5.74) is -3.19. The molecule has 3 fully saturated rings. The fourth-order valence-corrected chi connectivity index (χ4v) is 7.50. The van der Waals surface area contributed by atoms with E-state index in [1.165, 1.54) is 11.0 Å². The maximum Gasteiger partial charge on any atom is 0.408 e. The van der Waals surface area contributed by atoms with Crippen LogP contribution >= 0.6 is 0 Å². The molecule has 2 aliphatic carbocycles. The minimum absolute atomic E-state index is 0.0198. The topological polar surface area (TPSA) is 182 Å². The number of sulfonamides is 1. The molecule has 3 aliphatic rings. The van der Waals surface area contributed by atoms with Gasteiger partial charge in [-0.25, -0.2) is 18.2 Å². The summed E-state index contributed by atoms with van der Waals surface area (Å²) in [4.78, 5) is 60.7. The Morgan fingerprint density at radius 2 is 1.80 bits per heavy atom. The standard InChI is InChI=1S/C35H47N5O9S/c1-9-21-18-35(21,31(43)39-50(45,46)24-11-12-24)38-28(41)26-17-23(48-29-25-13-10-22(47-8)16-20(25)14-15-36-29)19-40(26)30(42)27(33(2,3)4)37-32(44)49-34(5,6)7/h9-10,13-16,21,23-24,26-27H,1,11-12,17-19H2,2-8H3,(H,37,44)(H,38,41)(H,39,43)/t21-,23+,26-,27+,35-/m0/s1. The molecular formula is C35H47N5O9S. The number of aromatic nitrogens is 1. The first-order chi connectivity index (χ1) is 23.3. The zero-order valence-corrected chi connectivity index (χ0v) is 30.4. The van der Waals surface area contributed by atoms with Crippen LogP contribution in [0.4, 0.5) is 4.79 Å². The second-order valence-corrected chi connectivity index (χ2v) is 17.3. The number of pyridine rings is 1. The number of rotatable bonds is 11. The summed E-state index contributed by atoms with van der Waals surface area (Å²) in [6.45, 7) is 14.2. The van der Waals surface area contributed by atoms with Gasteiger partial charge in [0.05, 0.1) is 18.9 Å². The van der Waals surface area contributed by atoms with Gasteiger partial charge < -0.3 is 29.7 Å². The third-order valence-corrected chi connectivity index (χ3v) is 10.9. The minimum atomic E-state index is -3.89. The number of nitrogens with one attached hydrogen (secondary N) is 3. The monoisotopic (exact) mass is 713 g/mol. The number of carbonyl (C=O) groups is 4. The van der Waals surface area contributed by atoms with Crippen molar-refractivity contribution in [2.24, 2.45) is 11.3 Å². The summed E-state index contributed by atoms with van der Waals surface area (Å²) in [5, 5.41) is 6.33. The first-order valence-electron chi connectivity index (χ1n) is 16.7. The summed E-state index contributed by atoms with van der Waals surface area (Å²) in [6.07, 6.45) is 2.64. The number of carbonyl (C=O) groups excluding carboxylic acids is 4. The van der Waals surface area contributed by atoms with Gasteiger partial charge >= 0.3 is 6.09 Å². The molecule has 0 spiro atoms. The van der Waals surface area contributed by atoms with E-state index in [-0.39, 0.29) is 25.3 Å². The minimum Gasteiger partial charge on any atom is -0.497 e. The Bertz CT molecular complexity index is 1800. The van der Waals surface area contributed by atoms with Crippen molar-refractivity contribution >= 4 is 44.6 Å². The lowest BCUT2D eigenvalue weighted by Crippen LogP contribution is -2.60. The van der Waals surface area contributed by atoms with Crippen LogP contribution in [-0.2, 0) is 29.1 Å². The van der Waals surface area contributed by atoms with Gasteiger partial charge in [-0.05, 0) is 75.1 Å². The average Bonchev–Trinajstić information content (AvgIpc) is 3.95. The van der Waals surface area contributed by atoms with Crippen LogP contribution in [-0.4, -0.2) is 90.3 Å². The summed E-state index contributed by atoms with van der Waals surface area (Å²) in [5.74, 6) is -1.66. The molecule has 2 saturated carbocycles. The van der Waals surface area contributed by atoms with E-state index in [0.717, 1.165) is 5.39 Å². The Balaban J connectivity index is 1.44. The van der Waals surface area contributed by atoms with Crippen molar-refractivity contribution in [3.05, 3.63) is 43.1 Å². The smallest absolute Gasteiger partial charge is 0.408 e. The predicted molar refractivity (Wildman–Crippen MR) is 185 cm³/mol. The van der Waals surface area contributed by atoms with Gasteiger partial charge in [-0.2, -0.15) is 0 Å². The maximum atomic E-state index is 14.4. The Kier molecular flexibility index (Phi) is 9.87. The van der Waals surface area contributed by atoms with Crippen LogP contribution in [0, 0.1) is 11.3 Å². The number of likely N-dealkylation sites (tertiary alicyclic amines) is 1. The molecule has 5 rings (SSSR count). The molecule has 0 unspecified atom stereocenters. The highest BCUT2D eigenvalue weighted by atomic mass is 32.2. The first kappa shape index (κ1) is 36.9. The molecule has 4 amide bonds. The molecule has 1 saturated heterocycles. The first-order valence-corrected chi connectivity index (χ1v) is 18.2. The highest BCUT2D eigenvalue weighted by Crippen LogP contribution is 2.45. The zero-order chi connectivity index (χ0) is 36.8. The van der Waals surface area contributed by atoms with Crippen LogP contribution in [0.2, 0.25) is 0 Å². The normalized spacial score (nSPS) is 24.1. The maximum absolute atomic E-state index is 14.4. The number of fused-ring (bicyclic) bond motifs is 1. The number of nitrogens with zero attached hydrogens (tertiary/aromatic N) is 2. The van der Waals surface area contributed by atoms with Crippen LogP contribution in [0.3, 0.4) is 0 Å². The molecule has 14 nitrogen and oxygen atoms in total. The van der Waals surface area contributed by atoms with E-state index in [4.69, 9.17) is 14.2 Å². The molecule has 0 bridgehead atoms. The van der Waals surface area contributed by atoms with Crippen molar-refractivity contribution in [3.63, 3.8) is 0 Å². The van der Waals surface area contributed by atoms with Gasteiger partial charge in [0, 0.05) is 23.9 Å². The van der Waals surface area contributed by atoms with Crippen LogP contribution in [0.15, 0.2) is 43.1 Å². The number of hydrogen-bond acceptors (Lipinski definition) is 10. The highest BCUT2D eigenvalue weighted by molar-refractivity contribution is 7.91. The van der Waals surface area contributed by atoms with Crippen molar-refractivity contribution in [2.45, 2.75) is 102 Å². The predicted octanol–water partition coefficient (Wildman–Crippen LogP) is 3.20. The van der Waals surface area contributed by atoms with E-state index in [1.54, 1.807) is 73.0 Å². The number of benzene rings is 1. The Morgan fingerprint density at radius 1 is 1.10 bits per heavy atom. The molecule has 15 heteroatoms. The molecule has 1 aliphatic heterocycles. The van der Waals surface area contributed by atoms with Gasteiger partial charge in [0.25, 0.3) is 5.91 Å². The Hall–Kier alpha value is -4.40. The van der Waals surface area contributed by atoms with Crippen molar-refractivity contribution in [1.82, 2.24) is 25.2 Å². The van der Waals surface area contributed by atoms with Crippen LogP contribution in [0.25, 0.3) is 10.8 Å². The number of hydrogen-bond donors (Lipinski definition) is 3. The van der Waals surface area contributed by atoms with Crippen molar-refractivity contribution in [3.8, 4) is 11.6 Å². The third-order valence-electron chi connectivity index (χ3n) is 9.08. The Morgan fingerprint density at radius 3 is 2.38 bits per heavy atom. The summed E-state index contributed by atoms with van der Waals surface area (Å²) >= 11 is 0. The van der Waals surface area contributed by atoms with Crippen molar-refractivity contribution < 1.29 is 41.8 Å². The van der Waals surface area contributed by atoms with Gasteiger partial charge in [-0.3, -0.25) is 19.1 Å². The van der Waals surface area contributed by atoms with Gasteiger partial charge in [-0.1, -0.05) is 26.8 Å². The molecular weight excluding hydrogens is 666 g/mol. The number of amides is 4. The van der Waals surface area contributed by atoms with Crippen LogP contribution in [0.1, 0.15) is 67.2 Å². The van der Waals surface area contributed by atoms with E-state index < -0.39 is 79.7 Å². The van der Waals surface area contributed by atoms with E-state index >= 15 is 0 Å². The fourth-order valence-electron chi connectivity index (χ4n) is 6.14. The van der Waals surface area contributed by atoms with Crippen molar-refractivity contribution in [2.75, 3.05) is 13.7 Å². The Labute approximate surface area is 292 Å². The zero-order valence-electron chi connectivity index (χ0n) is 29.6. The van der Waals surface area contributed by atoms with Crippen LogP contribution < -0.4 is 24.8 Å². The van der Waals surface area contributed by atoms with Gasteiger partial charge in [0.2, 0.25) is 27.7 Å². The molecule has 2 heterocycles. The average molecular weight is 714 g/mol. The largest absolute Gasteiger partial charge is 0.497 e. The number of alkyl carbamates (subject to hydrolysis) is 1. The molecule has 2 aromatic rings. The second-order valence-electron chi connectivity index (χ2n) is 15.3. The lowest BCUT2D eigenvalue weighted by Gasteiger charge is -2.36. The molecule has 272 valence electrons. The number of methoxy groups -OCH3 is 1. The van der Waals surface area contributed by atoms with Crippen LogP contribution in [0.5, 0.6) is 11.6 Å². The third kappa shape index (κ3) is 7.98. The van der Waals surface area contributed by atoms with Gasteiger partial charge in [0.1, 0.15) is 35.1 Å². The van der Waals surface area contributed by atoms with Crippen molar-refractivity contribution in [1.29, 1.82) is 0 Å². The molecule has 1 aromatic heterocycles. The van der Waals surface area contributed by atoms with Gasteiger partial charge in [-0.15, -0.1) is 6.58 Å². The lowest BCUT2D eigenvalue weighted by molar-refractivity contribution is -0.143. The highest BCUT2D eigenvalue weighted by Gasteiger charge is 2.62. The molecule has 5 atom stereocenters. The number of ether oxygens (including phenoxy) is 3. The fraction of sp³-hybridized carbons (Fsp3) is 0.571. The lowest BCUT2D eigenvalue weighted by atomic mass is 9.85. The van der Waals surface area contributed by atoms with E-state index in [0.29, 0.717) is 24.0 Å². The quantitative estimate of drug-likeness (QED) is 0.293. The summed E-state index contributed by atoms with van der Waals surface area (Å²) < 4.78 is 44.6. The molecule has 3 N–H and O–H groups in total. The van der Waals surface area contributed by atoms with Gasteiger partial charge in [0.15, 0.2) is 0 Å². The van der Waals surface area contributed by atoms with E-state index in [2.05, 4.69) is 26.9 Å². The second kappa shape index (κ2) is 13.4. The summed E-state index contributed by atoms with van der Waals surface area (Å²) in [6, 6.07) is 4.95. The molecule has 0 radical (unpaired) electrons. The SMILES string of the molecule is C=C[C@H]1C[C@@]1(NC(=O)[C@@H]1C[C@@H](Oc2nccc3cc(OC)ccc23)CN1C(=O)[C@@H](NC(=O)OC(C)(C)C)C(C)(C)C)C(=O)NS(=O)(=O)C1CC1.